The van der Waals surface area contributed by atoms with Gasteiger partial charge in [0.2, 0.25) is 5.91 Å². The zero-order valence-corrected chi connectivity index (χ0v) is 15.9. The molecule has 142 valence electrons. The van der Waals surface area contributed by atoms with E-state index in [1.807, 2.05) is 49.9 Å². The van der Waals surface area contributed by atoms with Crippen LogP contribution in [-0.2, 0) is 4.79 Å². The lowest BCUT2D eigenvalue weighted by atomic mass is 9.88. The highest BCUT2D eigenvalue weighted by atomic mass is 16.2. The van der Waals surface area contributed by atoms with Crippen molar-refractivity contribution in [3.8, 4) is 0 Å². The van der Waals surface area contributed by atoms with Gasteiger partial charge in [0, 0.05) is 18.0 Å². The molecule has 1 aliphatic rings. The molecule has 1 aliphatic heterocycles. The van der Waals surface area contributed by atoms with E-state index in [0.29, 0.717) is 25.6 Å². The zero-order valence-electron chi connectivity index (χ0n) is 15.9. The molecule has 0 saturated carbocycles. The van der Waals surface area contributed by atoms with Gasteiger partial charge in [-0.2, -0.15) is 0 Å². The number of likely N-dealkylation sites (tertiary alicyclic amines) is 1. The highest BCUT2D eigenvalue weighted by Crippen LogP contribution is 2.21. The molecule has 0 aliphatic carbocycles. The molecule has 1 saturated heterocycles. The number of amides is 3. The van der Waals surface area contributed by atoms with Crippen LogP contribution in [0.4, 0.5) is 4.79 Å². The number of hydrogen-bond acceptors (Lipinski definition) is 4. The molecule has 1 fully saturated rings. The number of Topliss-reactive ketones (excluding diaryl/α,β-unsaturated/α-hetero) is 1. The van der Waals surface area contributed by atoms with Crippen LogP contribution in [0.2, 0.25) is 0 Å². The second-order valence-corrected chi connectivity index (χ2v) is 7.43. The monoisotopic (exact) mass is 359 g/mol. The Morgan fingerprint density at radius 2 is 1.73 bits per heavy atom. The number of imide groups is 1. The van der Waals surface area contributed by atoms with Crippen molar-refractivity contribution in [1.29, 1.82) is 0 Å². The number of rotatable bonds is 6. The maximum absolute atomic E-state index is 12.6. The van der Waals surface area contributed by atoms with Crippen molar-refractivity contribution >= 4 is 17.7 Å². The van der Waals surface area contributed by atoms with Gasteiger partial charge in [-0.3, -0.25) is 19.8 Å². The Labute approximate surface area is 155 Å². The van der Waals surface area contributed by atoms with Gasteiger partial charge in [-0.1, -0.05) is 43.7 Å². The number of urea groups is 1. The average molecular weight is 359 g/mol. The van der Waals surface area contributed by atoms with Crippen LogP contribution in [0.15, 0.2) is 24.3 Å². The van der Waals surface area contributed by atoms with E-state index in [1.54, 1.807) is 0 Å². The molecule has 1 aromatic rings. The molecule has 2 N–H and O–H groups in total. The van der Waals surface area contributed by atoms with Crippen molar-refractivity contribution in [2.24, 2.45) is 11.8 Å². The first kappa shape index (κ1) is 20.1. The first-order valence-corrected chi connectivity index (χ1v) is 9.26. The van der Waals surface area contributed by atoms with E-state index in [4.69, 9.17) is 0 Å². The van der Waals surface area contributed by atoms with Crippen LogP contribution in [-0.4, -0.2) is 48.8 Å². The Kier molecular flexibility index (Phi) is 7.33. The third-order valence-electron chi connectivity index (χ3n) is 4.59. The van der Waals surface area contributed by atoms with E-state index >= 15 is 0 Å². The summed E-state index contributed by atoms with van der Waals surface area (Å²) in [5.74, 6) is 0.212. The number of benzene rings is 1. The highest BCUT2D eigenvalue weighted by molar-refractivity contribution is 5.98. The molecule has 0 radical (unpaired) electrons. The Morgan fingerprint density at radius 3 is 2.31 bits per heavy atom. The largest absolute Gasteiger partial charge is 0.338 e. The molecule has 0 bridgehead atoms. The minimum atomic E-state index is -0.451. The predicted octanol–water partition coefficient (Wildman–Crippen LogP) is 2.37. The van der Waals surface area contributed by atoms with Gasteiger partial charge in [0.15, 0.2) is 5.78 Å². The maximum atomic E-state index is 12.6. The van der Waals surface area contributed by atoms with Gasteiger partial charge in [-0.25, -0.2) is 4.79 Å². The summed E-state index contributed by atoms with van der Waals surface area (Å²) in [6, 6.07) is 7.22. The van der Waals surface area contributed by atoms with E-state index in [9.17, 15) is 14.4 Å². The molecule has 26 heavy (non-hydrogen) atoms. The van der Waals surface area contributed by atoms with E-state index in [0.717, 1.165) is 24.0 Å². The van der Waals surface area contributed by atoms with Crippen LogP contribution in [0.25, 0.3) is 0 Å². The number of carbonyl (C=O) groups excluding carboxylic acids is 3. The molecule has 0 aromatic heterocycles. The summed E-state index contributed by atoms with van der Waals surface area (Å²) in [7, 11) is 0. The molecule has 1 aromatic carbocycles. The molecule has 0 spiro atoms. The topological polar surface area (TPSA) is 78.5 Å². The minimum absolute atomic E-state index is 0.00589. The molecule has 6 nitrogen and oxygen atoms in total. The fraction of sp³-hybridized carbons (Fsp3) is 0.550. The quantitative estimate of drug-likeness (QED) is 0.765. The zero-order chi connectivity index (χ0) is 19.1. The molecular weight excluding hydrogens is 330 g/mol. The third-order valence-corrected chi connectivity index (χ3v) is 4.59. The van der Waals surface area contributed by atoms with Gasteiger partial charge in [0.05, 0.1) is 6.54 Å². The minimum Gasteiger partial charge on any atom is -0.338 e. The van der Waals surface area contributed by atoms with E-state index in [2.05, 4.69) is 10.6 Å². The third kappa shape index (κ3) is 6.26. The first-order valence-electron chi connectivity index (χ1n) is 9.26. The number of aryl methyl sites for hydroxylation is 1. The molecule has 0 atom stereocenters. The lowest BCUT2D eigenvalue weighted by molar-refractivity contribution is -0.121. The highest BCUT2D eigenvalue weighted by Gasteiger charge is 2.26. The van der Waals surface area contributed by atoms with Crippen molar-refractivity contribution in [2.45, 2.75) is 33.6 Å². The molecule has 0 unspecified atom stereocenters. The van der Waals surface area contributed by atoms with Gasteiger partial charge in [-0.15, -0.1) is 0 Å². The Balaban J connectivity index is 1.74. The summed E-state index contributed by atoms with van der Waals surface area (Å²) in [5.41, 5.74) is 1.90. The van der Waals surface area contributed by atoms with Crippen LogP contribution in [0.1, 0.15) is 42.6 Å². The Morgan fingerprint density at radius 1 is 1.12 bits per heavy atom. The lowest BCUT2D eigenvalue weighted by Crippen LogP contribution is -2.47. The van der Waals surface area contributed by atoms with Crippen LogP contribution < -0.4 is 10.6 Å². The maximum Gasteiger partial charge on any atom is 0.321 e. The van der Waals surface area contributed by atoms with Gasteiger partial charge >= 0.3 is 6.03 Å². The van der Waals surface area contributed by atoms with Crippen molar-refractivity contribution in [3.05, 3.63) is 35.4 Å². The second-order valence-electron chi connectivity index (χ2n) is 7.43. The van der Waals surface area contributed by atoms with E-state index in [-0.39, 0.29) is 24.2 Å². The Bertz CT molecular complexity index is 632. The molecule has 1 heterocycles. The summed E-state index contributed by atoms with van der Waals surface area (Å²) >= 11 is 0. The normalized spacial score (nSPS) is 15.7. The standard InChI is InChI=1S/C20H29N3O3/c1-14(2)12-21-20(26)22-18(24)13-23-10-8-17(9-11-23)19(25)16-6-4-15(3)5-7-16/h4-7,14,17H,8-13H2,1-3H3,(H2,21,22,24,26). The Hall–Kier alpha value is -2.21. The predicted molar refractivity (Wildman–Crippen MR) is 101 cm³/mol. The molecule has 2 rings (SSSR count). The number of nitrogens with zero attached hydrogens (tertiary/aromatic N) is 1. The van der Waals surface area contributed by atoms with Crippen LogP contribution >= 0.6 is 0 Å². The first-order chi connectivity index (χ1) is 12.3. The van der Waals surface area contributed by atoms with E-state index in [1.165, 1.54) is 0 Å². The number of hydrogen-bond donors (Lipinski definition) is 2. The summed E-state index contributed by atoms with van der Waals surface area (Å²) in [6.45, 7) is 8.06. The van der Waals surface area contributed by atoms with Crippen LogP contribution in [0.5, 0.6) is 0 Å². The lowest BCUT2D eigenvalue weighted by Gasteiger charge is -2.30. The SMILES string of the molecule is Cc1ccc(C(=O)C2CCN(CC(=O)NC(=O)NCC(C)C)CC2)cc1. The van der Waals surface area contributed by atoms with Gasteiger partial charge in [-0.05, 0) is 38.8 Å². The molecule has 6 heteroatoms. The van der Waals surface area contributed by atoms with Crippen LogP contribution in [0.3, 0.4) is 0 Å². The number of carbonyl (C=O) groups is 3. The number of piperidine rings is 1. The van der Waals surface area contributed by atoms with Crippen molar-refractivity contribution in [2.75, 3.05) is 26.2 Å². The second kappa shape index (κ2) is 9.48. The fourth-order valence-electron chi connectivity index (χ4n) is 3.02. The fourth-order valence-corrected chi connectivity index (χ4v) is 3.02. The summed E-state index contributed by atoms with van der Waals surface area (Å²) < 4.78 is 0. The number of ketones is 1. The average Bonchev–Trinajstić information content (AvgIpc) is 2.60. The van der Waals surface area contributed by atoms with Gasteiger partial charge < -0.3 is 5.32 Å². The van der Waals surface area contributed by atoms with Crippen molar-refractivity contribution in [3.63, 3.8) is 0 Å². The smallest absolute Gasteiger partial charge is 0.321 e. The summed E-state index contributed by atoms with van der Waals surface area (Å²) in [5, 5.41) is 5.01. The van der Waals surface area contributed by atoms with E-state index < -0.39 is 6.03 Å². The molecule has 3 amide bonds. The van der Waals surface area contributed by atoms with Crippen LogP contribution in [0, 0.1) is 18.8 Å². The number of nitrogens with one attached hydrogen (secondary N) is 2. The summed E-state index contributed by atoms with van der Waals surface area (Å²) in [4.78, 5) is 38.1. The van der Waals surface area contributed by atoms with Crippen molar-refractivity contribution in [1.82, 2.24) is 15.5 Å². The van der Waals surface area contributed by atoms with Crippen molar-refractivity contribution < 1.29 is 14.4 Å². The van der Waals surface area contributed by atoms with Gasteiger partial charge in [0.1, 0.15) is 0 Å². The summed E-state index contributed by atoms with van der Waals surface area (Å²) in [6.07, 6.45) is 1.47. The van der Waals surface area contributed by atoms with Gasteiger partial charge in [0.25, 0.3) is 0 Å². The molecular formula is C20H29N3O3.